The summed E-state index contributed by atoms with van der Waals surface area (Å²) in [5.74, 6) is 2.41. The van der Waals surface area contributed by atoms with E-state index in [1.54, 1.807) is 7.11 Å². The molecule has 7 nitrogen and oxygen atoms in total. The zero-order chi connectivity index (χ0) is 21.0. The van der Waals surface area contributed by atoms with E-state index in [-0.39, 0.29) is 5.60 Å². The summed E-state index contributed by atoms with van der Waals surface area (Å²) in [4.78, 5) is 4.77. The number of hydrogen-bond donors (Lipinski definition) is 2. The van der Waals surface area contributed by atoms with Gasteiger partial charge in [-0.3, -0.25) is 4.99 Å². The van der Waals surface area contributed by atoms with E-state index in [1.807, 2.05) is 19.9 Å². The standard InChI is InChI=1S/C22H37N3O4/c1-5-23-21(25-17-22(26-4)11-14-27-15-12-22)24-13-10-18-8-9-19(28-6-2)20(16-18)29-7-3/h8-9,16H,5-7,10-15,17H2,1-4H3,(H2,23,24,25). The molecule has 1 fully saturated rings. The summed E-state index contributed by atoms with van der Waals surface area (Å²) in [6.07, 6.45) is 2.61. The van der Waals surface area contributed by atoms with Gasteiger partial charge in [0.2, 0.25) is 0 Å². The lowest BCUT2D eigenvalue weighted by Crippen LogP contribution is -2.44. The minimum Gasteiger partial charge on any atom is -0.490 e. The number of guanidine groups is 1. The monoisotopic (exact) mass is 407 g/mol. The Kier molecular flexibility index (Phi) is 10.1. The highest BCUT2D eigenvalue weighted by Crippen LogP contribution is 2.28. The first-order valence-corrected chi connectivity index (χ1v) is 10.7. The molecular weight excluding hydrogens is 370 g/mol. The SMILES string of the molecule is CCNC(=NCC1(OC)CCOCC1)NCCc1ccc(OCC)c(OCC)c1. The van der Waals surface area contributed by atoms with Crippen molar-refractivity contribution in [1.29, 1.82) is 0 Å². The van der Waals surface area contributed by atoms with Crippen LogP contribution in [-0.2, 0) is 15.9 Å². The Morgan fingerprint density at radius 3 is 2.45 bits per heavy atom. The molecule has 0 saturated carbocycles. The molecule has 0 unspecified atom stereocenters. The van der Waals surface area contributed by atoms with Crippen molar-refractivity contribution in [3.63, 3.8) is 0 Å². The van der Waals surface area contributed by atoms with Gasteiger partial charge in [0.1, 0.15) is 0 Å². The van der Waals surface area contributed by atoms with E-state index in [0.29, 0.717) is 19.8 Å². The van der Waals surface area contributed by atoms with E-state index < -0.39 is 0 Å². The van der Waals surface area contributed by atoms with E-state index in [0.717, 1.165) is 63.0 Å². The van der Waals surface area contributed by atoms with Crippen LogP contribution in [0.25, 0.3) is 0 Å². The predicted octanol–water partition coefficient (Wildman–Crippen LogP) is 2.78. The molecule has 0 amide bonds. The second-order valence-corrected chi connectivity index (χ2v) is 7.02. The molecule has 164 valence electrons. The predicted molar refractivity (Wildman–Crippen MR) is 116 cm³/mol. The van der Waals surface area contributed by atoms with E-state index in [1.165, 1.54) is 5.56 Å². The third kappa shape index (κ3) is 7.40. The highest BCUT2D eigenvalue weighted by atomic mass is 16.5. The van der Waals surface area contributed by atoms with E-state index in [4.69, 9.17) is 23.9 Å². The fraction of sp³-hybridized carbons (Fsp3) is 0.682. The van der Waals surface area contributed by atoms with E-state index >= 15 is 0 Å². The molecule has 1 aliphatic heterocycles. The first-order valence-electron chi connectivity index (χ1n) is 10.7. The summed E-state index contributed by atoms with van der Waals surface area (Å²) in [6, 6.07) is 6.12. The molecule has 0 aliphatic carbocycles. The van der Waals surface area contributed by atoms with Gasteiger partial charge in [-0.1, -0.05) is 6.07 Å². The van der Waals surface area contributed by atoms with Crippen LogP contribution in [0.1, 0.15) is 39.2 Å². The molecule has 0 bridgehead atoms. The van der Waals surface area contributed by atoms with Gasteiger partial charge in [-0.05, 0) is 44.9 Å². The van der Waals surface area contributed by atoms with Crippen LogP contribution >= 0.6 is 0 Å². The molecule has 1 aromatic carbocycles. The van der Waals surface area contributed by atoms with Crippen LogP contribution in [0.15, 0.2) is 23.2 Å². The summed E-state index contributed by atoms with van der Waals surface area (Å²) < 4.78 is 22.6. The van der Waals surface area contributed by atoms with Crippen molar-refractivity contribution in [3.05, 3.63) is 23.8 Å². The fourth-order valence-corrected chi connectivity index (χ4v) is 3.31. The summed E-state index contributed by atoms with van der Waals surface area (Å²) in [6.45, 7) is 10.9. The van der Waals surface area contributed by atoms with Crippen LogP contribution < -0.4 is 20.1 Å². The highest BCUT2D eigenvalue weighted by molar-refractivity contribution is 5.79. The van der Waals surface area contributed by atoms with Crippen molar-refractivity contribution in [3.8, 4) is 11.5 Å². The Balaban J connectivity index is 1.93. The minimum absolute atomic E-state index is 0.220. The summed E-state index contributed by atoms with van der Waals surface area (Å²) >= 11 is 0. The fourth-order valence-electron chi connectivity index (χ4n) is 3.31. The van der Waals surface area contributed by atoms with Crippen molar-refractivity contribution in [1.82, 2.24) is 10.6 Å². The molecular formula is C22H37N3O4. The zero-order valence-corrected chi connectivity index (χ0v) is 18.4. The first kappa shape index (κ1) is 23.3. The van der Waals surface area contributed by atoms with Crippen LogP contribution in [0.5, 0.6) is 11.5 Å². The molecule has 1 aromatic rings. The van der Waals surface area contributed by atoms with E-state index in [2.05, 4.69) is 29.7 Å². The summed E-state index contributed by atoms with van der Waals surface area (Å²) in [5, 5.41) is 6.74. The van der Waals surface area contributed by atoms with Gasteiger partial charge in [0.25, 0.3) is 0 Å². The lowest BCUT2D eigenvalue weighted by Gasteiger charge is -2.34. The maximum absolute atomic E-state index is 5.78. The topological polar surface area (TPSA) is 73.3 Å². The van der Waals surface area contributed by atoms with Gasteiger partial charge in [-0.25, -0.2) is 0 Å². The lowest BCUT2D eigenvalue weighted by atomic mass is 9.94. The number of aliphatic imine (C=N–C) groups is 1. The Hall–Kier alpha value is -1.99. The summed E-state index contributed by atoms with van der Waals surface area (Å²) in [7, 11) is 1.77. The molecule has 2 N–H and O–H groups in total. The van der Waals surface area contributed by atoms with Crippen molar-refractivity contribution in [2.24, 2.45) is 4.99 Å². The number of methoxy groups -OCH3 is 1. The maximum atomic E-state index is 5.78. The summed E-state index contributed by atoms with van der Waals surface area (Å²) in [5.41, 5.74) is 0.972. The average Bonchev–Trinajstić information content (AvgIpc) is 2.75. The van der Waals surface area contributed by atoms with Crippen LogP contribution in [-0.4, -0.2) is 64.7 Å². The third-order valence-electron chi connectivity index (χ3n) is 5.02. The van der Waals surface area contributed by atoms with Crippen molar-refractivity contribution >= 4 is 5.96 Å². The van der Waals surface area contributed by atoms with Crippen LogP contribution in [0, 0.1) is 0 Å². The molecule has 0 aromatic heterocycles. The van der Waals surface area contributed by atoms with Crippen LogP contribution in [0.4, 0.5) is 0 Å². The second-order valence-electron chi connectivity index (χ2n) is 7.02. The number of hydrogen-bond acceptors (Lipinski definition) is 5. The van der Waals surface area contributed by atoms with Crippen LogP contribution in [0.3, 0.4) is 0 Å². The number of nitrogens with zero attached hydrogens (tertiary/aromatic N) is 1. The average molecular weight is 408 g/mol. The lowest BCUT2D eigenvalue weighted by molar-refractivity contribution is -0.0828. The van der Waals surface area contributed by atoms with Crippen molar-refractivity contribution in [2.45, 2.75) is 45.6 Å². The molecule has 7 heteroatoms. The Labute approximate surface area is 175 Å². The van der Waals surface area contributed by atoms with Crippen molar-refractivity contribution in [2.75, 3.05) is 53.2 Å². The molecule has 1 aliphatic rings. The highest BCUT2D eigenvalue weighted by Gasteiger charge is 2.32. The van der Waals surface area contributed by atoms with Gasteiger partial charge in [0.15, 0.2) is 17.5 Å². The largest absolute Gasteiger partial charge is 0.490 e. The Bertz CT molecular complexity index is 630. The molecule has 1 saturated heterocycles. The van der Waals surface area contributed by atoms with Gasteiger partial charge < -0.3 is 29.6 Å². The van der Waals surface area contributed by atoms with Crippen LogP contribution in [0.2, 0.25) is 0 Å². The third-order valence-corrected chi connectivity index (χ3v) is 5.02. The molecule has 29 heavy (non-hydrogen) atoms. The molecule has 2 rings (SSSR count). The Morgan fingerprint density at radius 2 is 1.79 bits per heavy atom. The maximum Gasteiger partial charge on any atom is 0.191 e. The quantitative estimate of drug-likeness (QED) is 0.434. The van der Waals surface area contributed by atoms with Gasteiger partial charge in [-0.2, -0.15) is 0 Å². The number of benzene rings is 1. The molecule has 0 radical (unpaired) electrons. The van der Waals surface area contributed by atoms with Crippen molar-refractivity contribution < 1.29 is 18.9 Å². The second kappa shape index (κ2) is 12.5. The Morgan fingerprint density at radius 1 is 1.07 bits per heavy atom. The van der Waals surface area contributed by atoms with Gasteiger partial charge in [-0.15, -0.1) is 0 Å². The molecule has 0 atom stereocenters. The zero-order valence-electron chi connectivity index (χ0n) is 18.4. The van der Waals surface area contributed by atoms with E-state index in [9.17, 15) is 0 Å². The molecule has 1 heterocycles. The van der Waals surface area contributed by atoms with Gasteiger partial charge in [0, 0.05) is 46.3 Å². The number of rotatable bonds is 11. The number of nitrogens with one attached hydrogen (secondary N) is 2. The first-order chi connectivity index (χ1) is 14.2. The normalized spacial score (nSPS) is 16.3. The van der Waals surface area contributed by atoms with Gasteiger partial charge in [0.05, 0.1) is 25.4 Å². The van der Waals surface area contributed by atoms with Gasteiger partial charge >= 0.3 is 0 Å². The molecule has 0 spiro atoms. The minimum atomic E-state index is -0.220. The number of ether oxygens (including phenoxy) is 4. The smallest absolute Gasteiger partial charge is 0.191 e.